The van der Waals surface area contributed by atoms with Crippen molar-refractivity contribution < 1.29 is 9.21 Å². The second kappa shape index (κ2) is 6.94. The number of nitrogens with two attached hydrogens (primary N) is 1. The largest absolute Gasteiger partial charge is 0.459 e. The van der Waals surface area contributed by atoms with Gasteiger partial charge in [-0.05, 0) is 38.5 Å². The number of anilines is 1. The highest BCUT2D eigenvalue weighted by Crippen LogP contribution is 2.33. The number of carbonyl (C=O) groups is 1. The minimum absolute atomic E-state index is 0.0419. The minimum Gasteiger partial charge on any atom is -0.459 e. The molecule has 3 aromatic heterocycles. The zero-order valence-electron chi connectivity index (χ0n) is 15.7. The highest BCUT2D eigenvalue weighted by Gasteiger charge is 2.28. The van der Waals surface area contributed by atoms with Gasteiger partial charge in [0, 0.05) is 31.1 Å². The van der Waals surface area contributed by atoms with Gasteiger partial charge in [-0.1, -0.05) is 0 Å². The van der Waals surface area contributed by atoms with E-state index in [0.717, 1.165) is 34.7 Å². The van der Waals surface area contributed by atoms with Crippen molar-refractivity contribution in [1.82, 2.24) is 19.8 Å². The van der Waals surface area contributed by atoms with E-state index in [1.54, 1.807) is 23.5 Å². The van der Waals surface area contributed by atoms with Crippen molar-refractivity contribution in [2.45, 2.75) is 26.8 Å². The highest BCUT2D eigenvalue weighted by atomic mass is 32.1. The number of aromatic nitrogens is 2. The number of amides is 1. The van der Waals surface area contributed by atoms with Crippen LogP contribution in [0.5, 0.6) is 0 Å². The Morgan fingerprint density at radius 3 is 2.67 bits per heavy atom. The summed E-state index contributed by atoms with van der Waals surface area (Å²) in [5.41, 5.74) is 7.39. The van der Waals surface area contributed by atoms with E-state index in [0.29, 0.717) is 24.7 Å². The highest BCUT2D eigenvalue weighted by molar-refractivity contribution is 7.18. The average molecular weight is 385 g/mol. The molecule has 0 bridgehead atoms. The average Bonchev–Trinajstić information content (AvgIpc) is 3.29. The van der Waals surface area contributed by atoms with Gasteiger partial charge in [-0.15, -0.1) is 11.3 Å². The topological polar surface area (TPSA) is 88.5 Å². The number of aryl methyl sites for hydroxylation is 2. The molecule has 7 nitrogen and oxygen atoms in total. The van der Waals surface area contributed by atoms with Crippen LogP contribution in [0.4, 0.5) is 5.82 Å². The summed E-state index contributed by atoms with van der Waals surface area (Å²) < 4.78 is 5.22. The molecule has 1 saturated heterocycles. The minimum atomic E-state index is -0.0567. The molecule has 1 fully saturated rings. The maximum atomic E-state index is 12.4. The van der Waals surface area contributed by atoms with E-state index in [9.17, 15) is 4.79 Å². The van der Waals surface area contributed by atoms with Crippen LogP contribution < -0.4 is 5.73 Å². The number of furan rings is 1. The quantitative estimate of drug-likeness (QED) is 0.746. The van der Waals surface area contributed by atoms with Crippen molar-refractivity contribution in [3.05, 3.63) is 40.4 Å². The molecule has 1 aliphatic rings. The summed E-state index contributed by atoms with van der Waals surface area (Å²) in [6.45, 7) is 9.07. The number of nitrogen functional groups attached to an aromatic ring is 1. The lowest BCUT2D eigenvalue weighted by molar-refractivity contribution is 0.0547. The van der Waals surface area contributed by atoms with E-state index in [-0.39, 0.29) is 11.9 Å². The van der Waals surface area contributed by atoms with Gasteiger partial charge in [0.1, 0.15) is 16.5 Å². The third-order valence-corrected chi connectivity index (χ3v) is 6.43. The molecule has 0 aromatic carbocycles. The molecule has 8 heteroatoms. The molecule has 142 valence electrons. The predicted molar refractivity (Wildman–Crippen MR) is 106 cm³/mol. The van der Waals surface area contributed by atoms with Crippen LogP contribution in [-0.2, 0) is 0 Å². The lowest BCUT2D eigenvalue weighted by Crippen LogP contribution is -2.49. The molecule has 0 spiro atoms. The Hall–Kier alpha value is -2.45. The molecule has 27 heavy (non-hydrogen) atoms. The maximum Gasteiger partial charge on any atom is 0.289 e. The second-order valence-corrected chi connectivity index (χ2v) is 8.12. The van der Waals surface area contributed by atoms with Crippen molar-refractivity contribution in [3.8, 4) is 0 Å². The zero-order chi connectivity index (χ0) is 19.1. The molecule has 1 unspecified atom stereocenters. The summed E-state index contributed by atoms with van der Waals surface area (Å²) in [4.78, 5) is 28.1. The third-order valence-electron chi connectivity index (χ3n) is 5.33. The number of thiophene rings is 1. The van der Waals surface area contributed by atoms with Crippen LogP contribution in [0.3, 0.4) is 0 Å². The summed E-state index contributed by atoms with van der Waals surface area (Å²) in [7, 11) is 0. The Morgan fingerprint density at radius 2 is 2.00 bits per heavy atom. The van der Waals surface area contributed by atoms with Crippen LogP contribution in [-0.4, -0.2) is 51.9 Å². The summed E-state index contributed by atoms with van der Waals surface area (Å²) >= 11 is 1.66. The Balaban J connectivity index is 1.49. The summed E-state index contributed by atoms with van der Waals surface area (Å²) in [6.07, 6.45) is 1.53. The Kier molecular flexibility index (Phi) is 4.61. The number of hydrogen-bond donors (Lipinski definition) is 1. The molecule has 1 aliphatic heterocycles. The molecular formula is C19H23N5O2S. The molecule has 4 heterocycles. The fraction of sp³-hybridized carbons (Fsp3) is 0.421. The number of nitrogens with zero attached hydrogens (tertiary/aromatic N) is 4. The fourth-order valence-electron chi connectivity index (χ4n) is 3.52. The molecule has 3 aromatic rings. The van der Waals surface area contributed by atoms with E-state index in [1.807, 2.05) is 4.90 Å². The SMILES string of the molecule is Cc1sc2nc(C(C)N3CCN(C(=O)c4ccco4)CC3)nc(N)c2c1C. The van der Waals surface area contributed by atoms with Gasteiger partial charge in [0.2, 0.25) is 0 Å². The predicted octanol–water partition coefficient (Wildman–Crippen LogP) is 3.00. The number of fused-ring (bicyclic) bond motifs is 1. The van der Waals surface area contributed by atoms with Crippen LogP contribution in [0, 0.1) is 13.8 Å². The van der Waals surface area contributed by atoms with Crippen LogP contribution in [0.15, 0.2) is 22.8 Å². The first-order valence-corrected chi connectivity index (χ1v) is 9.87. The van der Waals surface area contributed by atoms with Crippen LogP contribution in [0.2, 0.25) is 0 Å². The van der Waals surface area contributed by atoms with Crippen molar-refractivity contribution in [2.75, 3.05) is 31.9 Å². The molecule has 1 amide bonds. The molecule has 0 aliphatic carbocycles. The van der Waals surface area contributed by atoms with Gasteiger partial charge in [-0.3, -0.25) is 9.69 Å². The smallest absolute Gasteiger partial charge is 0.289 e. The number of piperazine rings is 1. The lowest BCUT2D eigenvalue weighted by atomic mass is 10.2. The monoisotopic (exact) mass is 385 g/mol. The second-order valence-electron chi connectivity index (χ2n) is 6.91. The summed E-state index contributed by atoms with van der Waals surface area (Å²) in [6, 6.07) is 3.48. The van der Waals surface area contributed by atoms with Crippen molar-refractivity contribution in [3.63, 3.8) is 0 Å². The van der Waals surface area contributed by atoms with E-state index < -0.39 is 0 Å². The van der Waals surface area contributed by atoms with Gasteiger partial charge < -0.3 is 15.1 Å². The van der Waals surface area contributed by atoms with Gasteiger partial charge in [0.05, 0.1) is 17.7 Å². The van der Waals surface area contributed by atoms with Gasteiger partial charge in [-0.25, -0.2) is 9.97 Å². The van der Waals surface area contributed by atoms with Crippen molar-refractivity contribution in [1.29, 1.82) is 0 Å². The van der Waals surface area contributed by atoms with Crippen LogP contribution in [0.25, 0.3) is 10.2 Å². The Labute approximate surface area is 161 Å². The van der Waals surface area contributed by atoms with E-state index in [1.165, 1.54) is 11.1 Å². The molecule has 4 rings (SSSR count). The first kappa shape index (κ1) is 17.9. The molecule has 0 saturated carbocycles. The van der Waals surface area contributed by atoms with Gasteiger partial charge in [0.25, 0.3) is 5.91 Å². The van der Waals surface area contributed by atoms with Crippen LogP contribution >= 0.6 is 11.3 Å². The number of hydrogen-bond acceptors (Lipinski definition) is 7. The van der Waals surface area contributed by atoms with Gasteiger partial charge >= 0.3 is 0 Å². The first-order chi connectivity index (χ1) is 13.0. The Bertz CT molecular complexity index is 974. The number of rotatable bonds is 3. The standard InChI is InChI=1S/C19H23N5O2S/c1-11-13(3)27-18-15(11)16(20)21-17(22-18)12(2)23-6-8-24(9-7-23)19(25)14-5-4-10-26-14/h4-5,10,12H,6-9H2,1-3H3,(H2,20,21,22). The van der Waals surface area contributed by atoms with Gasteiger partial charge in [-0.2, -0.15) is 0 Å². The van der Waals surface area contributed by atoms with E-state index in [2.05, 4.69) is 30.7 Å². The first-order valence-electron chi connectivity index (χ1n) is 9.05. The number of carbonyl (C=O) groups excluding carboxylic acids is 1. The summed E-state index contributed by atoms with van der Waals surface area (Å²) in [5.74, 6) is 1.63. The third kappa shape index (κ3) is 3.19. The van der Waals surface area contributed by atoms with Crippen molar-refractivity contribution in [2.24, 2.45) is 0 Å². The molecular weight excluding hydrogens is 362 g/mol. The zero-order valence-corrected chi connectivity index (χ0v) is 16.5. The lowest BCUT2D eigenvalue weighted by Gasteiger charge is -2.37. The molecule has 0 radical (unpaired) electrons. The fourth-order valence-corrected chi connectivity index (χ4v) is 4.56. The van der Waals surface area contributed by atoms with Crippen molar-refractivity contribution >= 4 is 33.3 Å². The summed E-state index contributed by atoms with van der Waals surface area (Å²) in [5, 5.41) is 0.974. The molecule has 2 N–H and O–H groups in total. The normalized spacial score (nSPS) is 16.8. The van der Waals surface area contributed by atoms with E-state index >= 15 is 0 Å². The van der Waals surface area contributed by atoms with Gasteiger partial charge in [0.15, 0.2) is 5.76 Å². The van der Waals surface area contributed by atoms with E-state index in [4.69, 9.17) is 15.1 Å². The van der Waals surface area contributed by atoms with Crippen LogP contribution in [0.1, 0.15) is 39.8 Å². The molecule has 1 atom stereocenters. The maximum absolute atomic E-state index is 12.4. The Morgan fingerprint density at radius 1 is 1.26 bits per heavy atom.